The minimum Gasteiger partial charge on any atom is -0.375 e. The molecule has 0 saturated carbocycles. The number of thioether (sulfide) groups is 1. The van der Waals surface area contributed by atoms with Gasteiger partial charge in [-0.25, -0.2) is 0 Å². The van der Waals surface area contributed by atoms with Crippen molar-refractivity contribution in [3.05, 3.63) is 23.8 Å². The summed E-state index contributed by atoms with van der Waals surface area (Å²) in [5.74, 6) is 0.979. The van der Waals surface area contributed by atoms with Gasteiger partial charge in [-0.15, -0.1) is 11.8 Å². The van der Waals surface area contributed by atoms with E-state index in [2.05, 4.69) is 31.7 Å². The molecule has 0 spiro atoms. The summed E-state index contributed by atoms with van der Waals surface area (Å²) in [5.41, 5.74) is 1.85. The second-order valence-corrected chi connectivity index (χ2v) is 6.15. The molecule has 2 unspecified atom stereocenters. The third-order valence-electron chi connectivity index (χ3n) is 3.33. The van der Waals surface area contributed by atoms with Gasteiger partial charge in [0.25, 0.3) is 0 Å². The number of nitrogens with zero attached hydrogens (tertiary/aromatic N) is 2. The largest absolute Gasteiger partial charge is 0.375 e. The van der Waals surface area contributed by atoms with E-state index in [0.717, 1.165) is 35.1 Å². The van der Waals surface area contributed by atoms with Crippen LogP contribution in [0.5, 0.6) is 0 Å². The summed E-state index contributed by atoms with van der Waals surface area (Å²) in [6.07, 6.45) is 0.213. The van der Waals surface area contributed by atoms with E-state index in [1.807, 2.05) is 18.2 Å². The van der Waals surface area contributed by atoms with Crippen LogP contribution in [0.25, 0.3) is 0 Å². The number of hydrogen-bond acceptors (Lipinski definition) is 4. The Morgan fingerprint density at radius 2 is 2.26 bits per heavy atom. The average Bonchev–Trinajstić information content (AvgIpc) is 2.41. The molecule has 0 amide bonds. The Hall–Kier alpha value is -1.18. The quantitative estimate of drug-likeness (QED) is 0.794. The lowest BCUT2D eigenvalue weighted by Crippen LogP contribution is -2.47. The maximum atomic E-state index is 9.49. The Morgan fingerprint density at radius 3 is 2.95 bits per heavy atom. The number of hydrogen-bond donors (Lipinski definition) is 0. The van der Waals surface area contributed by atoms with E-state index in [9.17, 15) is 5.26 Å². The van der Waals surface area contributed by atoms with Crippen molar-refractivity contribution < 1.29 is 4.74 Å². The minimum absolute atomic E-state index is 0.213. The van der Waals surface area contributed by atoms with E-state index in [4.69, 9.17) is 4.74 Å². The summed E-state index contributed by atoms with van der Waals surface area (Å²) < 4.78 is 5.66. The van der Waals surface area contributed by atoms with Crippen LogP contribution in [0.1, 0.15) is 26.3 Å². The molecule has 0 radical (unpaired) electrons. The zero-order valence-electron chi connectivity index (χ0n) is 11.7. The normalized spacial score (nSPS) is 23.2. The van der Waals surface area contributed by atoms with Gasteiger partial charge in [-0.2, -0.15) is 5.26 Å². The van der Waals surface area contributed by atoms with Gasteiger partial charge in [-0.1, -0.05) is 13.0 Å². The second kappa shape index (κ2) is 6.31. The first-order valence-electron chi connectivity index (χ1n) is 6.71. The molecule has 1 aliphatic rings. The summed E-state index contributed by atoms with van der Waals surface area (Å²) in [6, 6.07) is 8.81. The fourth-order valence-electron chi connectivity index (χ4n) is 2.39. The highest BCUT2D eigenvalue weighted by atomic mass is 32.2. The molecular formula is C15H20N2OS. The SMILES string of the molecule is CCSc1cccc(N2CC(C)OCC2C)c1C#N. The predicted molar refractivity (Wildman–Crippen MR) is 79.8 cm³/mol. The van der Waals surface area contributed by atoms with Gasteiger partial charge >= 0.3 is 0 Å². The van der Waals surface area contributed by atoms with Crippen molar-refractivity contribution in [2.75, 3.05) is 23.8 Å². The number of ether oxygens (including phenoxy) is 1. The number of rotatable bonds is 3. The molecule has 102 valence electrons. The Morgan fingerprint density at radius 1 is 1.47 bits per heavy atom. The van der Waals surface area contributed by atoms with Gasteiger partial charge < -0.3 is 9.64 Å². The molecule has 1 aromatic carbocycles. The molecule has 2 atom stereocenters. The van der Waals surface area contributed by atoms with E-state index in [1.54, 1.807) is 11.8 Å². The van der Waals surface area contributed by atoms with E-state index in [1.165, 1.54) is 0 Å². The van der Waals surface area contributed by atoms with Gasteiger partial charge in [0.1, 0.15) is 6.07 Å². The zero-order chi connectivity index (χ0) is 13.8. The van der Waals surface area contributed by atoms with Gasteiger partial charge in [0.05, 0.1) is 24.0 Å². The topological polar surface area (TPSA) is 36.3 Å². The van der Waals surface area contributed by atoms with Crippen LogP contribution < -0.4 is 4.90 Å². The summed E-state index contributed by atoms with van der Waals surface area (Å²) in [5, 5.41) is 9.49. The van der Waals surface area contributed by atoms with E-state index < -0.39 is 0 Å². The summed E-state index contributed by atoms with van der Waals surface area (Å²) in [7, 11) is 0. The Kier molecular flexibility index (Phi) is 4.73. The molecule has 19 heavy (non-hydrogen) atoms. The predicted octanol–water partition coefficient (Wildman–Crippen LogP) is 3.28. The summed E-state index contributed by atoms with van der Waals surface area (Å²) in [6.45, 7) is 7.90. The lowest BCUT2D eigenvalue weighted by molar-refractivity contribution is 0.0343. The molecule has 2 rings (SSSR count). The van der Waals surface area contributed by atoms with Crippen LogP contribution in [0, 0.1) is 11.3 Å². The lowest BCUT2D eigenvalue weighted by atomic mass is 10.1. The standard InChI is InChI=1S/C15H20N2OS/c1-4-19-15-7-5-6-14(13(15)8-16)17-9-12(3)18-10-11(17)2/h5-7,11-12H,4,9-10H2,1-3H3. The van der Waals surface area contributed by atoms with Gasteiger partial charge in [-0.3, -0.25) is 0 Å². The number of benzene rings is 1. The molecule has 0 aliphatic carbocycles. The van der Waals surface area contributed by atoms with Crippen molar-refractivity contribution in [2.24, 2.45) is 0 Å². The van der Waals surface area contributed by atoms with Gasteiger partial charge in [0.2, 0.25) is 0 Å². The van der Waals surface area contributed by atoms with Crippen molar-refractivity contribution >= 4 is 17.4 Å². The fourth-order valence-corrected chi connectivity index (χ4v) is 3.17. The molecule has 1 saturated heterocycles. The molecule has 1 heterocycles. The monoisotopic (exact) mass is 276 g/mol. The molecule has 3 nitrogen and oxygen atoms in total. The van der Waals surface area contributed by atoms with Crippen LogP contribution in [0.15, 0.2) is 23.1 Å². The second-order valence-electron chi connectivity index (χ2n) is 4.84. The van der Waals surface area contributed by atoms with Gasteiger partial charge in [0.15, 0.2) is 0 Å². The van der Waals surface area contributed by atoms with Crippen molar-refractivity contribution in [3.63, 3.8) is 0 Å². The first kappa shape index (κ1) is 14.2. The molecule has 1 fully saturated rings. The third-order valence-corrected chi connectivity index (χ3v) is 4.27. The highest BCUT2D eigenvalue weighted by Crippen LogP contribution is 2.32. The van der Waals surface area contributed by atoms with Crippen LogP contribution >= 0.6 is 11.8 Å². The molecule has 0 aromatic heterocycles. The average molecular weight is 276 g/mol. The smallest absolute Gasteiger partial charge is 0.103 e. The Labute approximate surface area is 119 Å². The van der Waals surface area contributed by atoms with Crippen LogP contribution in [-0.4, -0.2) is 31.1 Å². The highest BCUT2D eigenvalue weighted by Gasteiger charge is 2.26. The molecule has 4 heteroatoms. The molecule has 0 bridgehead atoms. The van der Waals surface area contributed by atoms with Crippen molar-refractivity contribution in [1.29, 1.82) is 5.26 Å². The van der Waals surface area contributed by atoms with Crippen LogP contribution in [0.4, 0.5) is 5.69 Å². The molecule has 0 N–H and O–H groups in total. The first-order valence-corrected chi connectivity index (χ1v) is 7.70. The molecule has 1 aliphatic heterocycles. The number of nitriles is 1. The van der Waals surface area contributed by atoms with Crippen molar-refractivity contribution in [3.8, 4) is 6.07 Å². The summed E-state index contributed by atoms with van der Waals surface area (Å²) in [4.78, 5) is 3.38. The lowest BCUT2D eigenvalue weighted by Gasteiger charge is -2.39. The van der Waals surface area contributed by atoms with E-state index in [-0.39, 0.29) is 6.10 Å². The maximum absolute atomic E-state index is 9.49. The number of morpholine rings is 1. The maximum Gasteiger partial charge on any atom is 0.103 e. The summed E-state index contributed by atoms with van der Waals surface area (Å²) >= 11 is 1.73. The first-order chi connectivity index (χ1) is 9.17. The van der Waals surface area contributed by atoms with E-state index in [0.29, 0.717) is 6.04 Å². The van der Waals surface area contributed by atoms with Crippen molar-refractivity contribution in [1.82, 2.24) is 0 Å². The molecule has 1 aromatic rings. The van der Waals surface area contributed by atoms with Crippen LogP contribution in [0.2, 0.25) is 0 Å². The van der Waals surface area contributed by atoms with Crippen LogP contribution in [0.3, 0.4) is 0 Å². The Bertz CT molecular complexity index is 484. The van der Waals surface area contributed by atoms with Crippen LogP contribution in [-0.2, 0) is 4.74 Å². The van der Waals surface area contributed by atoms with Gasteiger partial charge in [-0.05, 0) is 31.7 Å². The molecular weight excluding hydrogens is 256 g/mol. The Balaban J connectivity index is 2.38. The van der Waals surface area contributed by atoms with E-state index >= 15 is 0 Å². The van der Waals surface area contributed by atoms with Gasteiger partial charge in [0, 0.05) is 17.5 Å². The van der Waals surface area contributed by atoms with Crippen molar-refractivity contribution in [2.45, 2.75) is 37.8 Å². The highest BCUT2D eigenvalue weighted by molar-refractivity contribution is 7.99. The minimum atomic E-state index is 0.213. The fraction of sp³-hybridized carbons (Fsp3) is 0.533. The zero-order valence-corrected chi connectivity index (χ0v) is 12.5. The number of anilines is 1. The third kappa shape index (κ3) is 3.05.